The summed E-state index contributed by atoms with van der Waals surface area (Å²) in [5.74, 6) is 0. The van der Waals surface area contributed by atoms with Gasteiger partial charge in [0.1, 0.15) is 0 Å². The van der Waals surface area contributed by atoms with Crippen molar-refractivity contribution in [1.29, 1.82) is 0 Å². The van der Waals surface area contributed by atoms with E-state index in [1.54, 1.807) is 17.1 Å². The van der Waals surface area contributed by atoms with Gasteiger partial charge in [0.2, 0.25) is 0 Å². The van der Waals surface area contributed by atoms with Gasteiger partial charge in [0.15, 0.2) is 0 Å². The third-order valence-electron chi connectivity index (χ3n) is 0.817. The third kappa shape index (κ3) is 1.54. The second-order valence-corrected chi connectivity index (χ2v) is 2.41. The lowest BCUT2D eigenvalue weighted by Gasteiger charge is -1.83. The van der Waals surface area contributed by atoms with Crippen LogP contribution in [0.1, 0.15) is 0 Å². The zero-order valence-electron chi connectivity index (χ0n) is 4.58. The lowest BCUT2D eigenvalue weighted by atomic mass is 10.7. The van der Waals surface area contributed by atoms with Crippen LogP contribution in [-0.4, -0.2) is 9.78 Å². The Morgan fingerprint density at radius 3 is 3.11 bits per heavy atom. The number of aromatic nitrogens is 2. The van der Waals surface area contributed by atoms with Crippen LogP contribution in [0.5, 0.6) is 0 Å². The van der Waals surface area contributed by atoms with Crippen molar-refractivity contribution in [3.05, 3.63) is 28.3 Å². The summed E-state index contributed by atoms with van der Waals surface area (Å²) in [6, 6.07) is 0. The van der Waals surface area contributed by atoms with Crippen molar-refractivity contribution in [2.45, 2.75) is 6.67 Å². The van der Waals surface area contributed by atoms with E-state index in [9.17, 15) is 0 Å². The van der Waals surface area contributed by atoms with Crippen LogP contribution in [0.25, 0.3) is 4.85 Å². The van der Waals surface area contributed by atoms with Crippen LogP contribution in [0.4, 0.5) is 0 Å². The van der Waals surface area contributed by atoms with Crippen LogP contribution in [-0.2, 0) is 6.67 Å². The van der Waals surface area contributed by atoms with Crippen LogP contribution >= 0.6 is 15.9 Å². The molecule has 0 N–H and O–H groups in total. The van der Waals surface area contributed by atoms with Crippen LogP contribution in [0, 0.1) is 6.57 Å². The lowest BCUT2D eigenvalue weighted by Crippen LogP contribution is -1.91. The molecule has 0 saturated heterocycles. The minimum Gasteiger partial charge on any atom is -0.291 e. The molecule has 0 aliphatic heterocycles. The zero-order valence-corrected chi connectivity index (χ0v) is 6.17. The molecule has 46 valence electrons. The molecule has 0 aromatic carbocycles. The van der Waals surface area contributed by atoms with E-state index in [2.05, 4.69) is 25.9 Å². The second kappa shape index (κ2) is 2.65. The van der Waals surface area contributed by atoms with Crippen molar-refractivity contribution in [3.8, 4) is 0 Å². The molecule has 3 nitrogen and oxygen atoms in total. The molecule has 1 rings (SSSR count). The first-order valence-corrected chi connectivity index (χ1v) is 3.13. The first-order chi connectivity index (χ1) is 4.33. The third-order valence-corrected chi connectivity index (χ3v) is 1.23. The van der Waals surface area contributed by atoms with Crippen molar-refractivity contribution in [2.75, 3.05) is 0 Å². The van der Waals surface area contributed by atoms with E-state index in [0.717, 1.165) is 4.47 Å². The standard InChI is InChI=1S/C5H4BrN3/c1-7-4-9-3-5(6)2-8-9/h2-3H,4H2. The van der Waals surface area contributed by atoms with Gasteiger partial charge in [0.05, 0.1) is 10.7 Å². The summed E-state index contributed by atoms with van der Waals surface area (Å²) in [5.41, 5.74) is 0. The van der Waals surface area contributed by atoms with Gasteiger partial charge in [-0.3, -0.25) is 4.85 Å². The molecule has 0 unspecified atom stereocenters. The maximum atomic E-state index is 6.50. The van der Waals surface area contributed by atoms with Crippen molar-refractivity contribution in [3.63, 3.8) is 0 Å². The first-order valence-electron chi connectivity index (χ1n) is 2.34. The van der Waals surface area contributed by atoms with Crippen molar-refractivity contribution >= 4 is 15.9 Å². The summed E-state index contributed by atoms with van der Waals surface area (Å²) in [7, 11) is 0. The molecule has 0 spiro atoms. The van der Waals surface area contributed by atoms with Gasteiger partial charge in [0, 0.05) is 6.20 Å². The Morgan fingerprint density at radius 1 is 1.89 bits per heavy atom. The summed E-state index contributed by atoms with van der Waals surface area (Å²) in [4.78, 5) is 3.15. The molecule has 0 aliphatic rings. The fourth-order valence-electron chi connectivity index (χ4n) is 0.488. The maximum Gasteiger partial charge on any atom is 0.307 e. The van der Waals surface area contributed by atoms with Gasteiger partial charge in [-0.15, -0.1) is 0 Å². The Hall–Kier alpha value is -0.820. The van der Waals surface area contributed by atoms with Crippen molar-refractivity contribution in [1.82, 2.24) is 9.78 Å². The van der Waals surface area contributed by atoms with E-state index in [1.165, 1.54) is 0 Å². The van der Waals surface area contributed by atoms with E-state index in [-0.39, 0.29) is 0 Å². The SMILES string of the molecule is [C-]#[N+]Cn1cc(Br)cn1. The highest BCUT2D eigenvalue weighted by atomic mass is 79.9. The highest BCUT2D eigenvalue weighted by Gasteiger charge is 1.92. The second-order valence-electron chi connectivity index (χ2n) is 1.50. The highest BCUT2D eigenvalue weighted by molar-refractivity contribution is 9.10. The Kier molecular flexibility index (Phi) is 1.85. The van der Waals surface area contributed by atoms with Gasteiger partial charge in [-0.1, -0.05) is 0 Å². The Bertz CT molecular complexity index is 235. The Morgan fingerprint density at radius 2 is 2.67 bits per heavy atom. The largest absolute Gasteiger partial charge is 0.307 e. The number of hydrogen-bond acceptors (Lipinski definition) is 1. The zero-order chi connectivity index (χ0) is 6.69. The van der Waals surface area contributed by atoms with Gasteiger partial charge >= 0.3 is 6.67 Å². The summed E-state index contributed by atoms with van der Waals surface area (Å²) < 4.78 is 2.48. The molecule has 0 bridgehead atoms. The maximum absolute atomic E-state index is 6.50. The number of halogens is 1. The lowest BCUT2D eigenvalue weighted by molar-refractivity contribution is 0.699. The molecule has 1 aromatic heterocycles. The average molecular weight is 186 g/mol. The minimum absolute atomic E-state index is 0.297. The van der Waals surface area contributed by atoms with Crippen LogP contribution in [0.3, 0.4) is 0 Å². The molecule has 1 aromatic rings. The van der Waals surface area contributed by atoms with Crippen LogP contribution in [0.2, 0.25) is 0 Å². The average Bonchev–Trinajstić information content (AvgIpc) is 2.17. The number of nitrogens with zero attached hydrogens (tertiary/aromatic N) is 3. The van der Waals surface area contributed by atoms with E-state index in [0.29, 0.717) is 6.67 Å². The quantitative estimate of drug-likeness (QED) is 0.609. The van der Waals surface area contributed by atoms with E-state index < -0.39 is 0 Å². The minimum atomic E-state index is 0.297. The number of rotatable bonds is 1. The van der Waals surface area contributed by atoms with Gasteiger partial charge in [-0.2, -0.15) is 5.10 Å². The van der Waals surface area contributed by atoms with E-state index >= 15 is 0 Å². The molecule has 4 heteroatoms. The van der Waals surface area contributed by atoms with Gasteiger partial charge in [-0.25, -0.2) is 11.3 Å². The first kappa shape index (κ1) is 6.30. The summed E-state index contributed by atoms with van der Waals surface area (Å²) in [6.07, 6.45) is 3.42. The fourth-order valence-corrected chi connectivity index (χ4v) is 0.816. The summed E-state index contributed by atoms with van der Waals surface area (Å²) in [5, 5.41) is 3.86. The molecular formula is C5H4BrN3. The molecule has 0 fully saturated rings. The van der Waals surface area contributed by atoms with Gasteiger partial charge in [-0.05, 0) is 15.9 Å². The van der Waals surface area contributed by atoms with Gasteiger partial charge in [0.25, 0.3) is 0 Å². The number of hydrogen-bond donors (Lipinski definition) is 0. The normalized spacial score (nSPS) is 8.89. The predicted octanol–water partition coefficient (Wildman–Crippen LogP) is 1.52. The molecule has 0 saturated carbocycles. The smallest absolute Gasteiger partial charge is 0.291 e. The highest BCUT2D eigenvalue weighted by Crippen LogP contribution is 2.05. The summed E-state index contributed by atoms with van der Waals surface area (Å²) >= 11 is 3.22. The van der Waals surface area contributed by atoms with Crippen molar-refractivity contribution in [2.24, 2.45) is 0 Å². The van der Waals surface area contributed by atoms with Crippen LogP contribution in [0.15, 0.2) is 16.9 Å². The van der Waals surface area contributed by atoms with E-state index in [1.807, 2.05) is 0 Å². The molecule has 0 atom stereocenters. The predicted molar refractivity (Wildman–Crippen MR) is 36.5 cm³/mol. The Labute approximate surface area is 61.2 Å². The fraction of sp³-hybridized carbons (Fsp3) is 0.200. The topological polar surface area (TPSA) is 22.2 Å². The molecule has 9 heavy (non-hydrogen) atoms. The molecule has 0 amide bonds. The Balaban J connectivity index is 2.76. The molecule has 0 aliphatic carbocycles. The molecular weight excluding hydrogens is 182 g/mol. The molecule has 0 radical (unpaired) electrons. The monoisotopic (exact) mass is 185 g/mol. The summed E-state index contributed by atoms with van der Waals surface area (Å²) in [6.45, 7) is 6.80. The van der Waals surface area contributed by atoms with E-state index in [4.69, 9.17) is 6.57 Å². The van der Waals surface area contributed by atoms with Crippen LogP contribution < -0.4 is 0 Å². The molecule has 1 heterocycles. The van der Waals surface area contributed by atoms with Crippen molar-refractivity contribution < 1.29 is 0 Å². The van der Waals surface area contributed by atoms with Gasteiger partial charge < -0.3 is 0 Å².